The molecule has 152 valence electrons. The molecule has 1 N–H and O–H groups in total. The molecule has 0 radical (unpaired) electrons. The molecule has 8 nitrogen and oxygen atoms in total. The molecule has 0 unspecified atom stereocenters. The Kier molecular flexibility index (Phi) is 7.60. The van der Waals surface area contributed by atoms with Gasteiger partial charge >= 0.3 is 5.97 Å². The number of carbonyl (C=O) groups is 3. The number of hydrogen-bond donors (Lipinski definition) is 1. The lowest BCUT2D eigenvalue weighted by Gasteiger charge is -2.17. The second-order valence-electron chi connectivity index (χ2n) is 7.02. The van der Waals surface area contributed by atoms with E-state index in [2.05, 4.69) is 5.32 Å². The minimum absolute atomic E-state index is 0.162. The molecular formula is C19H23FN2O6. The molecule has 3 atom stereocenters. The van der Waals surface area contributed by atoms with Gasteiger partial charge in [-0.2, -0.15) is 0 Å². The van der Waals surface area contributed by atoms with Crippen LogP contribution in [-0.2, 0) is 25.5 Å². The van der Waals surface area contributed by atoms with Crippen molar-refractivity contribution in [2.75, 3.05) is 19.7 Å². The van der Waals surface area contributed by atoms with Gasteiger partial charge < -0.3 is 10.1 Å². The van der Waals surface area contributed by atoms with Crippen LogP contribution in [0.1, 0.15) is 25.3 Å². The van der Waals surface area contributed by atoms with E-state index in [1.807, 2.05) is 0 Å². The lowest BCUT2D eigenvalue weighted by molar-refractivity contribution is -0.490. The first-order valence-electron chi connectivity index (χ1n) is 9.07. The van der Waals surface area contributed by atoms with Crippen molar-refractivity contribution in [3.63, 3.8) is 0 Å². The average Bonchev–Trinajstić information content (AvgIpc) is 2.88. The van der Waals surface area contributed by atoms with Crippen molar-refractivity contribution < 1.29 is 28.4 Å². The second-order valence-corrected chi connectivity index (χ2v) is 7.02. The molecule has 1 saturated carbocycles. The summed E-state index contributed by atoms with van der Waals surface area (Å²) in [5, 5.41) is 13.4. The summed E-state index contributed by atoms with van der Waals surface area (Å²) < 4.78 is 17.7. The van der Waals surface area contributed by atoms with Crippen LogP contribution < -0.4 is 5.32 Å². The zero-order valence-corrected chi connectivity index (χ0v) is 15.6. The number of nitrogens with zero attached hydrogens (tertiary/aromatic N) is 1. The number of rotatable bonds is 9. The van der Waals surface area contributed by atoms with Crippen LogP contribution in [0.5, 0.6) is 0 Å². The van der Waals surface area contributed by atoms with Gasteiger partial charge in [-0.25, -0.2) is 4.39 Å². The predicted octanol–water partition coefficient (Wildman–Crippen LogP) is 1.54. The Morgan fingerprint density at radius 3 is 2.64 bits per heavy atom. The molecule has 9 heteroatoms. The highest BCUT2D eigenvalue weighted by atomic mass is 19.1. The molecule has 0 aliphatic heterocycles. The van der Waals surface area contributed by atoms with Crippen molar-refractivity contribution in [2.45, 2.75) is 26.2 Å². The monoisotopic (exact) mass is 394 g/mol. The molecular weight excluding hydrogens is 371 g/mol. The van der Waals surface area contributed by atoms with Crippen LogP contribution in [0.3, 0.4) is 0 Å². The zero-order chi connectivity index (χ0) is 20.7. The Bertz CT molecular complexity index is 736. The standard InChI is InChI=1S/C19H23FN2O6/c1-12-8-17(23)15(16(12)10-22(26)27)9-19(25)28-11-18(24)21-7-6-13-2-4-14(20)5-3-13/h2-5,12,15-16H,6-11H2,1H3,(H,21,24)/t12-,15+,16-/m1/s1. The number of esters is 1. The number of Topliss-reactive ketones (excluding diaryl/α,β-unsaturated/α-hetero) is 1. The van der Waals surface area contributed by atoms with Gasteiger partial charge in [-0.1, -0.05) is 19.1 Å². The van der Waals surface area contributed by atoms with Gasteiger partial charge in [0.25, 0.3) is 5.91 Å². The maximum atomic E-state index is 12.8. The van der Waals surface area contributed by atoms with Crippen molar-refractivity contribution in [1.82, 2.24) is 5.32 Å². The highest BCUT2D eigenvalue weighted by Gasteiger charge is 2.44. The Balaban J connectivity index is 1.72. The van der Waals surface area contributed by atoms with Gasteiger partial charge in [-0.3, -0.25) is 24.5 Å². The number of ether oxygens (including phenoxy) is 1. The van der Waals surface area contributed by atoms with Gasteiger partial charge in [0.1, 0.15) is 11.6 Å². The molecule has 1 aliphatic rings. The van der Waals surface area contributed by atoms with E-state index in [0.717, 1.165) is 5.56 Å². The van der Waals surface area contributed by atoms with Gasteiger partial charge in [-0.15, -0.1) is 0 Å². The van der Waals surface area contributed by atoms with Crippen LogP contribution in [-0.4, -0.2) is 42.3 Å². The molecule has 1 aromatic rings. The lowest BCUT2D eigenvalue weighted by Crippen LogP contribution is -2.32. The maximum Gasteiger partial charge on any atom is 0.307 e. The van der Waals surface area contributed by atoms with E-state index in [-0.39, 0.29) is 36.9 Å². The average molecular weight is 394 g/mol. The molecule has 1 fully saturated rings. The molecule has 0 spiro atoms. The fourth-order valence-electron chi connectivity index (χ4n) is 3.43. The van der Waals surface area contributed by atoms with Crippen molar-refractivity contribution in [3.05, 3.63) is 45.8 Å². The van der Waals surface area contributed by atoms with E-state index in [0.29, 0.717) is 13.0 Å². The summed E-state index contributed by atoms with van der Waals surface area (Å²) in [6.45, 7) is 1.20. The molecule has 0 aromatic heterocycles. The quantitative estimate of drug-likeness (QED) is 0.386. The number of ketones is 1. The van der Waals surface area contributed by atoms with Gasteiger partial charge in [-0.05, 0) is 30.0 Å². The number of nitro groups is 1. The molecule has 2 rings (SSSR count). The van der Waals surface area contributed by atoms with Crippen LogP contribution in [0.4, 0.5) is 4.39 Å². The number of halogens is 1. The van der Waals surface area contributed by atoms with Crippen molar-refractivity contribution in [1.29, 1.82) is 0 Å². The minimum Gasteiger partial charge on any atom is -0.456 e. The number of benzene rings is 1. The Morgan fingerprint density at radius 1 is 1.32 bits per heavy atom. The van der Waals surface area contributed by atoms with Crippen LogP contribution in [0.25, 0.3) is 0 Å². The van der Waals surface area contributed by atoms with Gasteiger partial charge in [0.15, 0.2) is 6.61 Å². The molecule has 1 amide bonds. The van der Waals surface area contributed by atoms with E-state index >= 15 is 0 Å². The minimum atomic E-state index is -0.741. The van der Waals surface area contributed by atoms with E-state index < -0.39 is 35.2 Å². The highest BCUT2D eigenvalue weighted by Crippen LogP contribution is 2.36. The number of nitrogens with one attached hydrogen (secondary N) is 1. The SMILES string of the molecule is C[C@@H]1CC(=O)[C@@H](CC(=O)OCC(=O)NCCc2ccc(F)cc2)[C@@H]1C[N+](=O)[O-]. The van der Waals surface area contributed by atoms with E-state index in [9.17, 15) is 28.9 Å². The third-order valence-electron chi connectivity index (χ3n) is 4.94. The molecule has 1 aromatic carbocycles. The largest absolute Gasteiger partial charge is 0.456 e. The Hall–Kier alpha value is -2.84. The molecule has 0 heterocycles. The van der Waals surface area contributed by atoms with Gasteiger partial charge in [0.05, 0.1) is 6.42 Å². The first-order valence-corrected chi connectivity index (χ1v) is 9.07. The third kappa shape index (κ3) is 6.40. The fraction of sp³-hybridized carbons (Fsp3) is 0.526. The molecule has 0 bridgehead atoms. The summed E-state index contributed by atoms with van der Waals surface area (Å²) in [7, 11) is 0. The maximum absolute atomic E-state index is 12.8. The number of amides is 1. The molecule has 28 heavy (non-hydrogen) atoms. The van der Waals surface area contributed by atoms with Crippen molar-refractivity contribution >= 4 is 17.7 Å². The summed E-state index contributed by atoms with van der Waals surface area (Å²) in [4.78, 5) is 46.0. The fourth-order valence-corrected chi connectivity index (χ4v) is 3.43. The Labute approximate surface area is 161 Å². The topological polar surface area (TPSA) is 116 Å². The first-order chi connectivity index (χ1) is 13.3. The Morgan fingerprint density at radius 2 is 2.00 bits per heavy atom. The van der Waals surface area contributed by atoms with Crippen LogP contribution >= 0.6 is 0 Å². The predicted molar refractivity (Wildman–Crippen MR) is 96.3 cm³/mol. The van der Waals surface area contributed by atoms with Crippen molar-refractivity contribution in [2.24, 2.45) is 17.8 Å². The van der Waals surface area contributed by atoms with Gasteiger partial charge in [0, 0.05) is 29.7 Å². The number of hydrogen-bond acceptors (Lipinski definition) is 6. The first kappa shape index (κ1) is 21.5. The van der Waals surface area contributed by atoms with Crippen LogP contribution in [0, 0.1) is 33.7 Å². The zero-order valence-electron chi connectivity index (χ0n) is 15.6. The highest BCUT2D eigenvalue weighted by molar-refractivity contribution is 5.88. The number of carbonyl (C=O) groups excluding carboxylic acids is 3. The van der Waals surface area contributed by atoms with E-state index in [4.69, 9.17) is 4.74 Å². The second kappa shape index (κ2) is 9.91. The summed E-state index contributed by atoms with van der Waals surface area (Å²) in [6.07, 6.45) is 0.446. The lowest BCUT2D eigenvalue weighted by atomic mass is 9.88. The van der Waals surface area contributed by atoms with Gasteiger partial charge in [0.2, 0.25) is 6.54 Å². The van der Waals surface area contributed by atoms with E-state index in [1.54, 1.807) is 19.1 Å². The van der Waals surface area contributed by atoms with Crippen LogP contribution in [0.15, 0.2) is 24.3 Å². The summed E-state index contributed by atoms with van der Waals surface area (Å²) in [5.41, 5.74) is 0.851. The van der Waals surface area contributed by atoms with E-state index in [1.165, 1.54) is 12.1 Å². The smallest absolute Gasteiger partial charge is 0.307 e. The van der Waals surface area contributed by atoms with Crippen molar-refractivity contribution in [3.8, 4) is 0 Å². The summed E-state index contributed by atoms with van der Waals surface area (Å²) in [5.74, 6) is -3.15. The summed E-state index contributed by atoms with van der Waals surface area (Å²) >= 11 is 0. The molecule has 0 saturated heterocycles. The third-order valence-corrected chi connectivity index (χ3v) is 4.94. The normalized spacial score (nSPS) is 21.4. The molecule has 1 aliphatic carbocycles. The summed E-state index contributed by atoms with van der Waals surface area (Å²) in [6, 6.07) is 5.89. The van der Waals surface area contributed by atoms with Crippen LogP contribution in [0.2, 0.25) is 0 Å².